The van der Waals surface area contributed by atoms with Crippen molar-refractivity contribution in [3.63, 3.8) is 0 Å². The van der Waals surface area contributed by atoms with Crippen molar-refractivity contribution in [3.05, 3.63) is 80.7 Å². The van der Waals surface area contributed by atoms with E-state index in [2.05, 4.69) is 5.32 Å². The molecular formula is C29H29ClFNO8S2. The molecule has 0 aromatic heterocycles. The number of allylic oxidation sites excluding steroid dienone is 2. The first-order chi connectivity index (χ1) is 19.9. The van der Waals surface area contributed by atoms with Gasteiger partial charge in [0.05, 0.1) is 37.9 Å². The van der Waals surface area contributed by atoms with Crippen LogP contribution in [-0.2, 0) is 38.7 Å². The van der Waals surface area contributed by atoms with Crippen LogP contribution in [0.1, 0.15) is 50.5 Å². The predicted molar refractivity (Wildman–Crippen MR) is 151 cm³/mol. The standard InChI is InChI=1S/C29H29ClFNO8S2/c1-17-24(29(34)40-15-14-39-28(33)18-8-3-2-4-9-18)26(25-19(30)10-7-11-20(25)31)27-21(32-17)16-41(35,36)22-12-5-6-13-23(22)42(27,37)38/h5-7,10-13,18,26,32H,2-4,8-9,14-16H2,1H3. The summed E-state index contributed by atoms with van der Waals surface area (Å²) in [6.07, 6.45) is 4.45. The zero-order valence-electron chi connectivity index (χ0n) is 22.7. The lowest BCUT2D eigenvalue weighted by atomic mass is 9.86. The fraction of sp³-hybridized carbons (Fsp3) is 0.379. The van der Waals surface area contributed by atoms with Gasteiger partial charge >= 0.3 is 11.9 Å². The Morgan fingerprint density at radius 1 is 0.952 bits per heavy atom. The van der Waals surface area contributed by atoms with Crippen LogP contribution >= 0.6 is 11.6 Å². The number of sulfone groups is 2. The molecule has 1 N–H and O–H groups in total. The maximum atomic E-state index is 15.5. The van der Waals surface area contributed by atoms with E-state index in [1.165, 1.54) is 37.3 Å². The number of carbonyl (C=O) groups is 2. The van der Waals surface area contributed by atoms with E-state index < -0.39 is 57.8 Å². The van der Waals surface area contributed by atoms with E-state index in [4.69, 9.17) is 21.1 Å². The van der Waals surface area contributed by atoms with Gasteiger partial charge in [0.1, 0.15) is 19.0 Å². The zero-order valence-corrected chi connectivity index (χ0v) is 25.1. The number of ether oxygens (including phenoxy) is 2. The molecule has 2 heterocycles. The highest BCUT2D eigenvalue weighted by molar-refractivity contribution is 7.97. The van der Waals surface area contributed by atoms with Gasteiger partial charge in [0.15, 0.2) is 9.84 Å². The summed E-state index contributed by atoms with van der Waals surface area (Å²) in [5.74, 6) is -4.82. The molecule has 2 aromatic carbocycles. The summed E-state index contributed by atoms with van der Waals surface area (Å²) < 4.78 is 81.0. The SMILES string of the molecule is CC1=C(C(=O)OCCOC(=O)C2CCCCC2)C(c2c(F)cccc2Cl)C2=C(CS(=O)(=O)c3ccccc3S2(=O)=O)N1. The van der Waals surface area contributed by atoms with Crippen LogP contribution in [-0.4, -0.2) is 47.7 Å². The number of fused-ring (bicyclic) bond motifs is 1. The van der Waals surface area contributed by atoms with Crippen molar-refractivity contribution in [2.75, 3.05) is 19.0 Å². The molecule has 0 saturated heterocycles. The van der Waals surface area contributed by atoms with Gasteiger partial charge < -0.3 is 14.8 Å². The first kappa shape index (κ1) is 30.2. The molecule has 2 aliphatic heterocycles. The van der Waals surface area contributed by atoms with Crippen LogP contribution in [0.4, 0.5) is 4.39 Å². The molecule has 1 fully saturated rings. The van der Waals surface area contributed by atoms with Crippen LogP contribution in [0.25, 0.3) is 0 Å². The lowest BCUT2D eigenvalue weighted by molar-refractivity contribution is -0.154. The summed E-state index contributed by atoms with van der Waals surface area (Å²) in [4.78, 5) is 24.5. The Labute approximate surface area is 248 Å². The number of hydrogen-bond donors (Lipinski definition) is 1. The Morgan fingerprint density at radius 3 is 2.31 bits per heavy atom. The van der Waals surface area contributed by atoms with Crippen molar-refractivity contribution in [2.45, 2.75) is 54.7 Å². The summed E-state index contributed by atoms with van der Waals surface area (Å²) >= 11 is 6.41. The largest absolute Gasteiger partial charge is 0.462 e. The van der Waals surface area contributed by atoms with Crippen LogP contribution < -0.4 is 5.32 Å². The first-order valence-electron chi connectivity index (χ1n) is 13.5. The van der Waals surface area contributed by atoms with Crippen LogP contribution in [0, 0.1) is 11.7 Å². The molecule has 5 rings (SSSR count). The fourth-order valence-electron chi connectivity index (χ4n) is 5.76. The quantitative estimate of drug-likeness (QED) is 0.357. The smallest absolute Gasteiger partial charge is 0.336 e. The van der Waals surface area contributed by atoms with E-state index in [0.717, 1.165) is 44.2 Å². The van der Waals surface area contributed by atoms with Crippen LogP contribution in [0.2, 0.25) is 5.02 Å². The van der Waals surface area contributed by atoms with Gasteiger partial charge in [-0.25, -0.2) is 26.0 Å². The van der Waals surface area contributed by atoms with E-state index in [9.17, 15) is 26.4 Å². The molecule has 1 atom stereocenters. The van der Waals surface area contributed by atoms with E-state index in [0.29, 0.717) is 0 Å². The van der Waals surface area contributed by atoms with Gasteiger partial charge in [-0.1, -0.05) is 49.1 Å². The second-order valence-corrected chi connectivity index (χ2v) is 14.7. The topological polar surface area (TPSA) is 133 Å². The van der Waals surface area contributed by atoms with E-state index in [1.54, 1.807) is 0 Å². The monoisotopic (exact) mass is 637 g/mol. The normalized spacial score (nSPS) is 21.5. The average Bonchev–Trinajstić information content (AvgIpc) is 3.01. The number of hydrogen-bond acceptors (Lipinski definition) is 9. The molecule has 1 aliphatic carbocycles. The third-order valence-corrected chi connectivity index (χ3v) is 11.8. The molecule has 0 amide bonds. The molecule has 42 heavy (non-hydrogen) atoms. The van der Waals surface area contributed by atoms with Gasteiger partial charge in [0, 0.05) is 22.0 Å². The highest BCUT2D eigenvalue weighted by atomic mass is 35.5. The second-order valence-electron chi connectivity index (χ2n) is 10.4. The molecule has 13 heteroatoms. The molecule has 2 aromatic rings. The lowest BCUT2D eigenvalue weighted by Gasteiger charge is -2.31. The average molecular weight is 638 g/mol. The van der Waals surface area contributed by atoms with Crippen molar-refractivity contribution < 1.29 is 40.3 Å². The molecule has 0 bridgehead atoms. The molecular weight excluding hydrogens is 609 g/mol. The number of rotatable bonds is 6. The fourth-order valence-corrected chi connectivity index (χ4v) is 10.1. The Kier molecular flexibility index (Phi) is 8.51. The molecule has 224 valence electrons. The molecule has 1 saturated carbocycles. The zero-order chi connectivity index (χ0) is 30.2. The molecule has 9 nitrogen and oxygen atoms in total. The first-order valence-corrected chi connectivity index (χ1v) is 17.0. The third kappa shape index (κ3) is 5.59. The minimum atomic E-state index is -4.62. The number of nitrogens with one attached hydrogen (secondary N) is 1. The Balaban J connectivity index is 1.52. The number of carbonyl (C=O) groups excluding carboxylic acids is 2. The Hall–Kier alpha value is -3.22. The van der Waals surface area contributed by atoms with Crippen LogP contribution in [0.15, 0.2) is 74.1 Å². The molecule has 3 aliphatic rings. The van der Waals surface area contributed by atoms with Gasteiger partial charge in [-0.05, 0) is 44.0 Å². The van der Waals surface area contributed by atoms with Crippen molar-refractivity contribution >= 4 is 43.2 Å². The molecule has 0 radical (unpaired) electrons. The Morgan fingerprint density at radius 2 is 1.62 bits per heavy atom. The van der Waals surface area contributed by atoms with Crippen molar-refractivity contribution in [1.29, 1.82) is 0 Å². The number of dihydropyridines is 1. The minimum absolute atomic E-state index is 0.0682. The Bertz CT molecular complexity index is 1710. The van der Waals surface area contributed by atoms with Gasteiger partial charge in [-0.15, -0.1) is 0 Å². The van der Waals surface area contributed by atoms with Gasteiger partial charge in [0.2, 0.25) is 9.84 Å². The van der Waals surface area contributed by atoms with Crippen molar-refractivity contribution in [3.8, 4) is 0 Å². The molecule has 0 spiro atoms. The minimum Gasteiger partial charge on any atom is -0.462 e. The van der Waals surface area contributed by atoms with E-state index in [1.807, 2.05) is 0 Å². The van der Waals surface area contributed by atoms with E-state index >= 15 is 4.39 Å². The van der Waals surface area contributed by atoms with Crippen molar-refractivity contribution in [2.24, 2.45) is 5.92 Å². The maximum absolute atomic E-state index is 15.5. The van der Waals surface area contributed by atoms with Crippen molar-refractivity contribution in [1.82, 2.24) is 5.32 Å². The summed E-state index contributed by atoms with van der Waals surface area (Å²) in [6, 6.07) is 8.87. The highest BCUT2D eigenvalue weighted by Gasteiger charge is 2.47. The molecule has 1 unspecified atom stereocenters. The third-order valence-electron chi connectivity index (χ3n) is 7.70. The van der Waals surface area contributed by atoms with Crippen LogP contribution in [0.5, 0.6) is 0 Å². The number of halogens is 2. The predicted octanol–water partition coefficient (Wildman–Crippen LogP) is 4.58. The maximum Gasteiger partial charge on any atom is 0.336 e. The number of benzene rings is 2. The second kappa shape index (κ2) is 11.8. The van der Waals surface area contributed by atoms with Gasteiger partial charge in [-0.3, -0.25) is 4.79 Å². The summed E-state index contributed by atoms with van der Waals surface area (Å²) in [6.45, 7) is 0.883. The van der Waals surface area contributed by atoms with E-state index in [-0.39, 0.29) is 52.7 Å². The summed E-state index contributed by atoms with van der Waals surface area (Å²) in [5.41, 5.74) is -0.729. The highest BCUT2D eigenvalue weighted by Crippen LogP contribution is 2.48. The van der Waals surface area contributed by atoms with Gasteiger partial charge in [-0.2, -0.15) is 0 Å². The summed E-state index contributed by atoms with van der Waals surface area (Å²) in [5, 5.41) is 2.61. The van der Waals surface area contributed by atoms with Crippen LogP contribution in [0.3, 0.4) is 0 Å². The lowest BCUT2D eigenvalue weighted by Crippen LogP contribution is -2.34. The summed E-state index contributed by atoms with van der Waals surface area (Å²) in [7, 11) is -8.77. The van der Waals surface area contributed by atoms with Gasteiger partial charge in [0.25, 0.3) is 0 Å². The number of esters is 2.